The molecule has 0 radical (unpaired) electrons. The van der Waals surface area contributed by atoms with E-state index in [-0.39, 0.29) is 48.1 Å². The molecule has 2 aromatic carbocycles. The zero-order valence-corrected chi connectivity index (χ0v) is 22.6. The van der Waals surface area contributed by atoms with Gasteiger partial charge in [-0.2, -0.15) is 9.30 Å². The molecule has 13 heteroatoms. The molecule has 200 valence electrons. The second-order valence-corrected chi connectivity index (χ2v) is 10.6. The molecular weight excluding hydrogens is 522 g/mol. The molecule has 0 aliphatic rings. The van der Waals surface area contributed by atoms with Gasteiger partial charge in [-0.1, -0.05) is 17.4 Å². The van der Waals surface area contributed by atoms with E-state index in [2.05, 4.69) is 4.99 Å². The number of esters is 1. The van der Waals surface area contributed by atoms with Crippen molar-refractivity contribution in [3.8, 4) is 5.75 Å². The van der Waals surface area contributed by atoms with Gasteiger partial charge in [-0.25, -0.2) is 8.42 Å². The summed E-state index contributed by atoms with van der Waals surface area (Å²) in [6, 6.07) is 10.9. The van der Waals surface area contributed by atoms with Crippen molar-refractivity contribution in [1.82, 2.24) is 8.87 Å². The Hall–Kier alpha value is -3.10. The highest BCUT2D eigenvalue weighted by molar-refractivity contribution is 7.89. The number of benzene rings is 2. The quantitative estimate of drug-likeness (QED) is 0.313. The highest BCUT2D eigenvalue weighted by Crippen LogP contribution is 2.27. The molecule has 0 spiro atoms. The maximum Gasteiger partial charge on any atom is 0.325 e. The lowest BCUT2D eigenvalue weighted by Gasteiger charge is -2.21. The van der Waals surface area contributed by atoms with Crippen LogP contribution in [0.15, 0.2) is 52.4 Å². The molecule has 0 aliphatic carbocycles. The van der Waals surface area contributed by atoms with Crippen LogP contribution in [0.2, 0.25) is 0 Å². The second-order valence-electron chi connectivity index (χ2n) is 7.68. The van der Waals surface area contributed by atoms with Crippen molar-refractivity contribution < 1.29 is 37.0 Å². The van der Waals surface area contributed by atoms with Crippen molar-refractivity contribution in [2.45, 2.75) is 11.4 Å². The largest absolute Gasteiger partial charge is 0.495 e. The highest BCUT2D eigenvalue weighted by atomic mass is 32.2. The Morgan fingerprint density at radius 1 is 0.973 bits per heavy atom. The summed E-state index contributed by atoms with van der Waals surface area (Å²) in [4.78, 5) is 29.6. The summed E-state index contributed by atoms with van der Waals surface area (Å²) in [6.07, 6.45) is 0. The van der Waals surface area contributed by atoms with E-state index < -0.39 is 21.9 Å². The van der Waals surface area contributed by atoms with E-state index >= 15 is 0 Å². The SMILES string of the molecule is COCCN(CCOC)S(=O)(=O)c1ccc(C(=O)N=c2sc3cccc(OC)c3n2CC(=O)OC)cc1. The Morgan fingerprint density at radius 2 is 1.62 bits per heavy atom. The average Bonchev–Trinajstić information content (AvgIpc) is 3.25. The summed E-state index contributed by atoms with van der Waals surface area (Å²) >= 11 is 1.22. The van der Waals surface area contributed by atoms with Gasteiger partial charge >= 0.3 is 5.97 Å². The molecule has 0 atom stereocenters. The number of thiazole rings is 1. The Kier molecular flexibility index (Phi) is 9.94. The van der Waals surface area contributed by atoms with Crippen molar-refractivity contribution >= 4 is 43.5 Å². The number of aromatic nitrogens is 1. The topological polar surface area (TPSA) is 126 Å². The zero-order chi connectivity index (χ0) is 27.0. The van der Waals surface area contributed by atoms with Gasteiger partial charge in [-0.3, -0.25) is 9.59 Å². The predicted molar refractivity (Wildman–Crippen MR) is 137 cm³/mol. The van der Waals surface area contributed by atoms with Crippen LogP contribution in [-0.4, -0.2) is 83.9 Å². The Morgan fingerprint density at radius 3 is 2.19 bits per heavy atom. The number of fused-ring (bicyclic) bond motifs is 1. The molecule has 0 aliphatic heterocycles. The van der Waals surface area contributed by atoms with E-state index in [1.807, 2.05) is 6.07 Å². The number of para-hydroxylation sites is 1. The first-order valence-electron chi connectivity index (χ1n) is 11.2. The molecule has 0 bridgehead atoms. The number of sulfonamides is 1. The lowest BCUT2D eigenvalue weighted by Crippen LogP contribution is -2.36. The summed E-state index contributed by atoms with van der Waals surface area (Å²) in [5, 5.41) is 0. The highest BCUT2D eigenvalue weighted by Gasteiger charge is 2.24. The normalized spacial score (nSPS) is 12.3. The van der Waals surface area contributed by atoms with Crippen LogP contribution in [0, 0.1) is 0 Å². The fourth-order valence-electron chi connectivity index (χ4n) is 3.50. The molecule has 1 heterocycles. The standard InChI is InChI=1S/C24H29N3O8S2/c1-32-14-12-26(13-15-33-2)37(30,31)18-10-8-17(9-11-18)23(29)25-24-27(16-21(28)35-4)22-19(34-3)6-5-7-20(22)36-24/h5-11H,12-16H2,1-4H3. The van der Waals surface area contributed by atoms with Crippen molar-refractivity contribution in [3.05, 3.63) is 52.8 Å². The van der Waals surface area contributed by atoms with Crippen LogP contribution in [0.5, 0.6) is 5.75 Å². The molecular formula is C24H29N3O8S2. The van der Waals surface area contributed by atoms with E-state index in [4.69, 9.17) is 18.9 Å². The van der Waals surface area contributed by atoms with Crippen molar-refractivity contribution in [3.63, 3.8) is 0 Å². The third-order valence-corrected chi connectivity index (χ3v) is 8.38. The molecule has 1 aromatic heterocycles. The molecule has 1 amide bonds. The number of amides is 1. The number of ether oxygens (including phenoxy) is 4. The maximum atomic E-state index is 13.1. The number of carbonyl (C=O) groups is 2. The van der Waals surface area contributed by atoms with Crippen molar-refractivity contribution in [2.24, 2.45) is 4.99 Å². The first-order valence-corrected chi connectivity index (χ1v) is 13.4. The van der Waals surface area contributed by atoms with Crippen LogP contribution in [0.1, 0.15) is 10.4 Å². The van der Waals surface area contributed by atoms with Crippen molar-refractivity contribution in [1.29, 1.82) is 0 Å². The van der Waals surface area contributed by atoms with E-state index in [1.165, 1.54) is 68.3 Å². The van der Waals surface area contributed by atoms with E-state index in [9.17, 15) is 18.0 Å². The van der Waals surface area contributed by atoms with E-state index in [1.54, 1.807) is 16.7 Å². The zero-order valence-electron chi connectivity index (χ0n) is 21.0. The molecule has 0 N–H and O–H groups in total. The summed E-state index contributed by atoms with van der Waals surface area (Å²) in [7, 11) is 1.94. The number of nitrogens with zero attached hydrogens (tertiary/aromatic N) is 3. The molecule has 0 saturated carbocycles. The molecule has 0 fully saturated rings. The first-order chi connectivity index (χ1) is 17.8. The van der Waals surface area contributed by atoms with Crippen molar-refractivity contribution in [2.75, 3.05) is 54.7 Å². The minimum absolute atomic E-state index is 0.0311. The van der Waals surface area contributed by atoms with Gasteiger partial charge in [-0.05, 0) is 36.4 Å². The van der Waals surface area contributed by atoms with Crippen LogP contribution in [0.4, 0.5) is 0 Å². The summed E-state index contributed by atoms with van der Waals surface area (Å²) in [6.45, 7) is 0.606. The van der Waals surface area contributed by atoms with Gasteiger partial charge in [-0.15, -0.1) is 0 Å². The molecule has 11 nitrogen and oxygen atoms in total. The second kappa shape index (κ2) is 12.9. The lowest BCUT2D eigenvalue weighted by atomic mass is 10.2. The van der Waals surface area contributed by atoms with Crippen LogP contribution in [0.3, 0.4) is 0 Å². The van der Waals surface area contributed by atoms with Crippen LogP contribution in [0.25, 0.3) is 10.2 Å². The number of hydrogen-bond donors (Lipinski definition) is 0. The Bertz CT molecular complexity index is 1400. The predicted octanol–water partition coefficient (Wildman–Crippen LogP) is 1.91. The average molecular weight is 552 g/mol. The van der Waals surface area contributed by atoms with Gasteiger partial charge < -0.3 is 23.5 Å². The molecule has 37 heavy (non-hydrogen) atoms. The minimum Gasteiger partial charge on any atom is -0.495 e. The van der Waals surface area contributed by atoms with E-state index in [0.717, 1.165) is 4.70 Å². The number of hydrogen-bond acceptors (Lipinski definition) is 9. The molecule has 0 unspecified atom stereocenters. The Labute approximate surface area is 218 Å². The number of rotatable bonds is 12. The number of carbonyl (C=O) groups excluding carboxylic acids is 2. The number of methoxy groups -OCH3 is 4. The van der Waals surface area contributed by atoms with Crippen LogP contribution >= 0.6 is 11.3 Å². The fraction of sp³-hybridized carbons (Fsp3) is 0.375. The fourth-order valence-corrected chi connectivity index (χ4v) is 5.95. The smallest absolute Gasteiger partial charge is 0.325 e. The third-order valence-electron chi connectivity index (χ3n) is 5.42. The Balaban J connectivity index is 1.97. The molecule has 3 rings (SSSR count). The van der Waals surface area contributed by atoms with Gasteiger partial charge in [0.2, 0.25) is 10.0 Å². The van der Waals surface area contributed by atoms with Gasteiger partial charge in [0.25, 0.3) is 5.91 Å². The summed E-state index contributed by atoms with van der Waals surface area (Å²) < 4.78 is 50.1. The molecule has 0 saturated heterocycles. The lowest BCUT2D eigenvalue weighted by molar-refractivity contribution is -0.141. The first kappa shape index (κ1) is 28.5. The van der Waals surface area contributed by atoms with Gasteiger partial charge in [0.05, 0.1) is 37.0 Å². The maximum absolute atomic E-state index is 13.1. The monoisotopic (exact) mass is 551 g/mol. The summed E-state index contributed by atoms with van der Waals surface area (Å²) in [5.41, 5.74) is 0.800. The summed E-state index contributed by atoms with van der Waals surface area (Å²) in [5.74, 6) is -0.586. The van der Waals surface area contributed by atoms with Crippen LogP contribution in [-0.2, 0) is 35.6 Å². The van der Waals surface area contributed by atoms with Gasteiger partial charge in [0.15, 0.2) is 4.80 Å². The van der Waals surface area contributed by atoms with Gasteiger partial charge in [0, 0.05) is 32.9 Å². The van der Waals surface area contributed by atoms with E-state index in [0.29, 0.717) is 11.3 Å². The van der Waals surface area contributed by atoms with Gasteiger partial charge in [0.1, 0.15) is 17.8 Å². The molecule has 3 aromatic rings. The third kappa shape index (κ3) is 6.62. The minimum atomic E-state index is -3.83. The van der Waals surface area contributed by atoms with Crippen LogP contribution < -0.4 is 9.54 Å².